The summed E-state index contributed by atoms with van der Waals surface area (Å²) in [6.07, 6.45) is 1.81. The van der Waals surface area contributed by atoms with Gasteiger partial charge in [-0.1, -0.05) is 53.8 Å². The molecule has 1 atom stereocenters. The molecule has 5 rings (SSSR count). The first-order valence-corrected chi connectivity index (χ1v) is 14.3. The van der Waals surface area contributed by atoms with Crippen molar-refractivity contribution < 1.29 is 19.0 Å². The number of nitrogens with zero attached hydrogens (tertiary/aromatic N) is 2. The minimum Gasteiger partial charge on any atom is -0.493 e. The summed E-state index contributed by atoms with van der Waals surface area (Å²) in [5, 5.41) is 1.93. The Morgan fingerprint density at radius 3 is 2.56 bits per heavy atom. The van der Waals surface area contributed by atoms with E-state index in [9.17, 15) is 9.59 Å². The highest BCUT2D eigenvalue weighted by atomic mass is 32.1. The van der Waals surface area contributed by atoms with Gasteiger partial charge in [0.15, 0.2) is 16.3 Å². The lowest BCUT2D eigenvalue weighted by molar-refractivity contribution is -0.138. The van der Waals surface area contributed by atoms with Crippen molar-refractivity contribution in [2.45, 2.75) is 32.9 Å². The Morgan fingerprint density at radius 1 is 1.10 bits per heavy atom. The Balaban J connectivity index is 1.73. The zero-order chi connectivity index (χ0) is 27.5. The number of esters is 1. The Bertz CT molecular complexity index is 1700. The fraction of sp³-hybridized carbons (Fsp3) is 0.233. The van der Waals surface area contributed by atoms with Crippen molar-refractivity contribution >= 4 is 40.4 Å². The average molecular weight is 561 g/mol. The van der Waals surface area contributed by atoms with Crippen molar-refractivity contribution in [2.24, 2.45) is 4.99 Å². The third kappa shape index (κ3) is 5.32. The second-order valence-electron chi connectivity index (χ2n) is 9.02. The highest BCUT2D eigenvalue weighted by Gasteiger charge is 2.35. The Labute approximate surface area is 234 Å². The third-order valence-electron chi connectivity index (χ3n) is 6.03. The van der Waals surface area contributed by atoms with E-state index in [4.69, 9.17) is 19.2 Å². The molecular formula is C30H28N2O5S2. The van der Waals surface area contributed by atoms with Gasteiger partial charge in [0, 0.05) is 10.4 Å². The predicted molar refractivity (Wildman–Crippen MR) is 154 cm³/mol. The van der Waals surface area contributed by atoms with Crippen LogP contribution in [0.5, 0.6) is 11.5 Å². The first kappa shape index (κ1) is 26.6. The molecule has 0 saturated heterocycles. The quantitative estimate of drug-likeness (QED) is 0.290. The topological polar surface area (TPSA) is 79.1 Å². The normalized spacial score (nSPS) is 15.2. The Morgan fingerprint density at radius 2 is 1.90 bits per heavy atom. The van der Waals surface area contributed by atoms with Crippen LogP contribution in [0.15, 0.2) is 81.4 Å². The summed E-state index contributed by atoms with van der Waals surface area (Å²) in [7, 11) is 1.59. The molecule has 0 bridgehead atoms. The van der Waals surface area contributed by atoms with Gasteiger partial charge in [-0.25, -0.2) is 9.79 Å². The van der Waals surface area contributed by atoms with Gasteiger partial charge < -0.3 is 14.2 Å². The monoisotopic (exact) mass is 560 g/mol. The summed E-state index contributed by atoms with van der Waals surface area (Å²) in [6, 6.07) is 18.3. The SMILES string of the molecule is CCOC(=O)C1=C(c2ccccc2)N=c2s/c(=C\c3ccc(OC(C)C)c(OC)c3)c(=O)n2[C@@H]1c1cccs1. The average Bonchev–Trinajstić information content (AvgIpc) is 3.57. The van der Waals surface area contributed by atoms with Crippen LogP contribution < -0.4 is 24.4 Å². The molecule has 39 heavy (non-hydrogen) atoms. The molecule has 3 heterocycles. The molecule has 9 heteroatoms. The van der Waals surface area contributed by atoms with Crippen molar-refractivity contribution in [1.29, 1.82) is 0 Å². The highest BCUT2D eigenvalue weighted by Crippen LogP contribution is 2.37. The number of ether oxygens (including phenoxy) is 3. The smallest absolute Gasteiger partial charge is 0.338 e. The molecule has 4 aromatic rings. The van der Waals surface area contributed by atoms with Crippen molar-refractivity contribution in [2.75, 3.05) is 13.7 Å². The van der Waals surface area contributed by atoms with Crippen LogP contribution in [0.25, 0.3) is 11.8 Å². The van der Waals surface area contributed by atoms with Gasteiger partial charge in [0.1, 0.15) is 6.04 Å². The molecule has 1 aliphatic rings. The third-order valence-corrected chi connectivity index (χ3v) is 7.94. The van der Waals surface area contributed by atoms with Gasteiger partial charge in [-0.3, -0.25) is 9.36 Å². The van der Waals surface area contributed by atoms with E-state index in [2.05, 4.69) is 0 Å². The fourth-order valence-corrected chi connectivity index (χ4v) is 6.26. The molecular weight excluding hydrogens is 532 g/mol. The number of hydrogen-bond donors (Lipinski definition) is 0. The second kappa shape index (κ2) is 11.4. The lowest BCUT2D eigenvalue weighted by atomic mass is 9.97. The standard InChI is InChI=1S/C30H28N2O5S2/c1-5-36-29(34)25-26(20-10-7-6-8-11-20)31-30-32(27(25)23-12-9-15-38-23)28(33)24(39-30)17-19-13-14-21(37-18(2)3)22(16-19)35-4/h6-18,27H,5H2,1-4H3/b24-17-/t27-/m1/s1. The molecule has 2 aromatic carbocycles. The lowest BCUT2D eigenvalue weighted by Crippen LogP contribution is -2.39. The summed E-state index contributed by atoms with van der Waals surface area (Å²) >= 11 is 2.77. The molecule has 7 nitrogen and oxygen atoms in total. The molecule has 0 N–H and O–H groups in total. The summed E-state index contributed by atoms with van der Waals surface area (Å²) in [5.41, 5.74) is 2.20. The second-order valence-corrected chi connectivity index (χ2v) is 11.0. The van der Waals surface area contributed by atoms with Crippen LogP contribution in [-0.2, 0) is 9.53 Å². The van der Waals surface area contributed by atoms with E-state index in [1.165, 1.54) is 22.7 Å². The number of carbonyl (C=O) groups is 1. The number of thiophene rings is 1. The first-order chi connectivity index (χ1) is 18.9. The number of fused-ring (bicyclic) bond motifs is 1. The van der Waals surface area contributed by atoms with Gasteiger partial charge in [-0.15, -0.1) is 11.3 Å². The van der Waals surface area contributed by atoms with Gasteiger partial charge >= 0.3 is 5.97 Å². The van der Waals surface area contributed by atoms with E-state index in [1.54, 1.807) is 18.6 Å². The van der Waals surface area contributed by atoms with Gasteiger partial charge in [0.25, 0.3) is 5.56 Å². The Kier molecular flexibility index (Phi) is 7.81. The molecule has 0 aliphatic carbocycles. The van der Waals surface area contributed by atoms with E-state index >= 15 is 0 Å². The van der Waals surface area contributed by atoms with Gasteiger partial charge in [0.2, 0.25) is 0 Å². The Hall–Kier alpha value is -3.95. The van der Waals surface area contributed by atoms with Crippen LogP contribution in [0, 0.1) is 0 Å². The van der Waals surface area contributed by atoms with Crippen LogP contribution in [0.1, 0.15) is 42.8 Å². The summed E-state index contributed by atoms with van der Waals surface area (Å²) in [5.74, 6) is 0.728. The van der Waals surface area contributed by atoms with Gasteiger partial charge in [-0.05, 0) is 56.0 Å². The van der Waals surface area contributed by atoms with E-state index < -0.39 is 12.0 Å². The number of rotatable bonds is 8. The summed E-state index contributed by atoms with van der Waals surface area (Å²) in [4.78, 5) is 33.6. The number of aromatic nitrogens is 1. The highest BCUT2D eigenvalue weighted by molar-refractivity contribution is 7.10. The maximum atomic E-state index is 13.9. The molecule has 0 saturated carbocycles. The van der Waals surface area contributed by atoms with Gasteiger partial charge in [0.05, 0.1) is 35.6 Å². The zero-order valence-corrected chi connectivity index (χ0v) is 23.7. The van der Waals surface area contributed by atoms with Crippen LogP contribution in [-0.4, -0.2) is 30.4 Å². The maximum absolute atomic E-state index is 13.9. The number of benzene rings is 2. The van der Waals surface area contributed by atoms with E-state index in [-0.39, 0.29) is 18.3 Å². The predicted octanol–water partition coefficient (Wildman–Crippen LogP) is 4.79. The van der Waals surface area contributed by atoms with E-state index in [0.29, 0.717) is 32.1 Å². The van der Waals surface area contributed by atoms with Crippen molar-refractivity contribution in [1.82, 2.24) is 4.57 Å². The van der Waals surface area contributed by atoms with Crippen LogP contribution in [0.2, 0.25) is 0 Å². The largest absolute Gasteiger partial charge is 0.493 e. The summed E-state index contributed by atoms with van der Waals surface area (Å²) in [6.45, 7) is 5.88. The molecule has 0 amide bonds. The van der Waals surface area contributed by atoms with Crippen LogP contribution in [0.3, 0.4) is 0 Å². The number of hydrogen-bond acceptors (Lipinski definition) is 8. The van der Waals surface area contributed by atoms with E-state index in [1.807, 2.05) is 86.0 Å². The number of carbonyl (C=O) groups excluding carboxylic acids is 1. The first-order valence-electron chi connectivity index (χ1n) is 12.6. The zero-order valence-electron chi connectivity index (χ0n) is 22.0. The van der Waals surface area contributed by atoms with Gasteiger partial charge in [-0.2, -0.15) is 0 Å². The number of methoxy groups -OCH3 is 1. The molecule has 1 aliphatic heterocycles. The minimum absolute atomic E-state index is 0.00176. The van der Waals surface area contributed by atoms with Crippen molar-refractivity contribution in [3.8, 4) is 11.5 Å². The fourth-order valence-electron chi connectivity index (χ4n) is 4.43. The van der Waals surface area contributed by atoms with Crippen molar-refractivity contribution in [3.63, 3.8) is 0 Å². The molecule has 200 valence electrons. The van der Waals surface area contributed by atoms with Crippen LogP contribution >= 0.6 is 22.7 Å². The molecule has 2 aromatic heterocycles. The lowest BCUT2D eigenvalue weighted by Gasteiger charge is -2.24. The molecule has 0 radical (unpaired) electrons. The molecule has 0 unspecified atom stereocenters. The van der Waals surface area contributed by atoms with Crippen molar-refractivity contribution in [3.05, 3.63) is 107 Å². The maximum Gasteiger partial charge on any atom is 0.338 e. The van der Waals surface area contributed by atoms with E-state index in [0.717, 1.165) is 16.0 Å². The summed E-state index contributed by atoms with van der Waals surface area (Å²) < 4.78 is 18.9. The van der Waals surface area contributed by atoms with Crippen LogP contribution in [0.4, 0.5) is 0 Å². The number of thiazole rings is 1. The minimum atomic E-state index is -0.658. The molecule has 0 fully saturated rings. The molecule has 0 spiro atoms.